The summed E-state index contributed by atoms with van der Waals surface area (Å²) >= 11 is 2.80. The van der Waals surface area contributed by atoms with Crippen molar-refractivity contribution in [2.24, 2.45) is 0 Å². The molecule has 176 valence electrons. The minimum absolute atomic E-state index is 0.104. The van der Waals surface area contributed by atoms with Gasteiger partial charge >= 0.3 is 0 Å². The Morgan fingerprint density at radius 2 is 2.03 bits per heavy atom. The number of carbonyl (C=O) groups excluding carboxylic acids is 1. The first kappa shape index (κ1) is 22.7. The average Bonchev–Trinajstić information content (AvgIpc) is 3.47. The van der Waals surface area contributed by atoms with E-state index in [2.05, 4.69) is 12.2 Å². The molecule has 2 aromatic carbocycles. The normalized spacial score (nSPS) is 15.8. The van der Waals surface area contributed by atoms with Crippen LogP contribution in [-0.4, -0.2) is 40.4 Å². The molecule has 2 aliphatic rings. The van der Waals surface area contributed by atoms with Gasteiger partial charge in [0.05, 0.1) is 29.1 Å². The summed E-state index contributed by atoms with van der Waals surface area (Å²) in [7, 11) is 1.60. The maximum atomic E-state index is 13.4. The molecule has 0 radical (unpaired) electrons. The second-order valence-corrected chi connectivity index (χ2v) is 10.3. The highest BCUT2D eigenvalue weighted by atomic mass is 32.2. The molecule has 1 N–H and O–H groups in total. The van der Waals surface area contributed by atoms with Crippen LogP contribution in [0.5, 0.6) is 17.2 Å². The average molecular weight is 498 g/mol. The number of aromatic nitrogens is 2. The highest BCUT2D eigenvalue weighted by Gasteiger charge is 2.27. The van der Waals surface area contributed by atoms with E-state index in [1.165, 1.54) is 11.8 Å². The monoisotopic (exact) mass is 497 g/mol. The Labute approximate surface area is 205 Å². The molecule has 1 unspecified atom stereocenters. The van der Waals surface area contributed by atoms with Crippen molar-refractivity contribution < 1.29 is 19.0 Å². The zero-order valence-corrected chi connectivity index (χ0v) is 20.3. The molecule has 1 atom stereocenters. The molecule has 0 saturated heterocycles. The minimum atomic E-state index is -0.151. The second kappa shape index (κ2) is 9.63. The number of methoxy groups -OCH3 is 1. The van der Waals surface area contributed by atoms with E-state index in [9.17, 15) is 9.59 Å². The Hall–Kier alpha value is -3.11. The van der Waals surface area contributed by atoms with E-state index in [1.54, 1.807) is 35.6 Å². The highest BCUT2D eigenvalue weighted by Crippen LogP contribution is 2.35. The van der Waals surface area contributed by atoms with Crippen LogP contribution < -0.4 is 25.1 Å². The number of amides is 1. The van der Waals surface area contributed by atoms with Gasteiger partial charge in [0.25, 0.3) is 5.56 Å². The fourth-order valence-electron chi connectivity index (χ4n) is 3.79. The van der Waals surface area contributed by atoms with Crippen LogP contribution in [0.4, 0.5) is 0 Å². The topological polar surface area (TPSA) is 91.7 Å². The van der Waals surface area contributed by atoms with Crippen LogP contribution >= 0.6 is 23.5 Å². The molecule has 34 heavy (non-hydrogen) atoms. The molecule has 5 rings (SSSR count). The van der Waals surface area contributed by atoms with Crippen molar-refractivity contribution in [2.45, 2.75) is 35.2 Å². The summed E-state index contributed by atoms with van der Waals surface area (Å²) in [5.41, 5.74) is 2.30. The highest BCUT2D eigenvalue weighted by molar-refractivity contribution is 8.00. The Morgan fingerprint density at radius 3 is 2.82 bits per heavy atom. The first-order valence-electron chi connectivity index (χ1n) is 10.8. The number of rotatable bonds is 7. The number of ether oxygens (including phenoxy) is 3. The number of hydrogen-bond donors (Lipinski definition) is 1. The molecule has 0 aliphatic carbocycles. The third-order valence-electron chi connectivity index (χ3n) is 5.47. The molecule has 8 nitrogen and oxygen atoms in total. The van der Waals surface area contributed by atoms with E-state index in [1.807, 2.05) is 30.3 Å². The molecule has 0 saturated carbocycles. The van der Waals surface area contributed by atoms with Crippen molar-refractivity contribution in [3.63, 3.8) is 0 Å². The first-order chi connectivity index (χ1) is 16.5. The molecular formula is C24H23N3O5S2. The zero-order chi connectivity index (χ0) is 23.7. The molecule has 1 aromatic heterocycles. The zero-order valence-electron chi connectivity index (χ0n) is 18.7. The van der Waals surface area contributed by atoms with Crippen molar-refractivity contribution in [1.82, 2.24) is 14.9 Å². The lowest BCUT2D eigenvalue weighted by molar-refractivity contribution is -0.118. The summed E-state index contributed by atoms with van der Waals surface area (Å²) in [4.78, 5) is 31.4. The van der Waals surface area contributed by atoms with Gasteiger partial charge < -0.3 is 19.5 Å². The summed E-state index contributed by atoms with van der Waals surface area (Å²) in [6.07, 6.45) is 0.739. The van der Waals surface area contributed by atoms with Crippen LogP contribution in [0.1, 0.15) is 18.2 Å². The Bertz CT molecular complexity index is 1290. The van der Waals surface area contributed by atoms with E-state index in [4.69, 9.17) is 19.2 Å². The van der Waals surface area contributed by atoms with Gasteiger partial charge in [0, 0.05) is 18.2 Å². The Kier molecular flexibility index (Phi) is 6.42. The largest absolute Gasteiger partial charge is 0.497 e. The number of nitrogens with zero attached hydrogens (tertiary/aromatic N) is 2. The lowest BCUT2D eigenvalue weighted by Crippen LogP contribution is -2.27. The SMILES string of the molecule is COc1ccc(-n2c(SCC(=O)NCc3ccc4c(c3)OCO4)nc3c(c2=O)SC(C)C3)cc1. The van der Waals surface area contributed by atoms with E-state index in [0.717, 1.165) is 17.7 Å². The number of hydrogen-bond acceptors (Lipinski definition) is 8. The van der Waals surface area contributed by atoms with E-state index in [0.29, 0.717) is 44.8 Å². The van der Waals surface area contributed by atoms with Gasteiger partial charge in [-0.2, -0.15) is 0 Å². The number of carbonyl (C=O) groups is 1. The molecule has 0 fully saturated rings. The van der Waals surface area contributed by atoms with Gasteiger partial charge in [-0.1, -0.05) is 24.8 Å². The Morgan fingerprint density at radius 1 is 1.24 bits per heavy atom. The lowest BCUT2D eigenvalue weighted by Gasteiger charge is -2.14. The molecular weight excluding hydrogens is 474 g/mol. The predicted molar refractivity (Wildman–Crippen MR) is 131 cm³/mol. The fraction of sp³-hybridized carbons (Fsp3) is 0.292. The molecule has 3 heterocycles. The van der Waals surface area contributed by atoms with Crippen molar-refractivity contribution in [2.75, 3.05) is 19.7 Å². The van der Waals surface area contributed by atoms with Gasteiger partial charge in [0.15, 0.2) is 16.7 Å². The summed E-state index contributed by atoms with van der Waals surface area (Å²) < 4.78 is 17.5. The predicted octanol–water partition coefficient (Wildman–Crippen LogP) is 3.42. The van der Waals surface area contributed by atoms with Gasteiger partial charge in [-0.05, 0) is 42.0 Å². The third kappa shape index (κ3) is 4.60. The van der Waals surface area contributed by atoms with Crippen LogP contribution in [0.3, 0.4) is 0 Å². The van der Waals surface area contributed by atoms with Crippen molar-refractivity contribution in [3.05, 3.63) is 64.1 Å². The van der Waals surface area contributed by atoms with Crippen molar-refractivity contribution in [1.29, 1.82) is 0 Å². The molecule has 1 amide bonds. The van der Waals surface area contributed by atoms with E-state index in [-0.39, 0.29) is 24.0 Å². The van der Waals surface area contributed by atoms with Gasteiger partial charge in [0.1, 0.15) is 5.75 Å². The van der Waals surface area contributed by atoms with E-state index < -0.39 is 0 Å². The molecule has 3 aromatic rings. The van der Waals surface area contributed by atoms with Gasteiger partial charge in [-0.3, -0.25) is 14.2 Å². The lowest BCUT2D eigenvalue weighted by atomic mass is 10.2. The fourth-order valence-corrected chi connectivity index (χ4v) is 5.74. The van der Waals surface area contributed by atoms with Crippen molar-refractivity contribution in [3.8, 4) is 22.9 Å². The van der Waals surface area contributed by atoms with Gasteiger partial charge in [-0.15, -0.1) is 11.8 Å². The molecule has 10 heteroatoms. The quantitative estimate of drug-likeness (QED) is 0.392. The van der Waals surface area contributed by atoms with E-state index >= 15 is 0 Å². The summed E-state index contributed by atoms with van der Waals surface area (Å²) in [6, 6.07) is 12.8. The molecule has 2 aliphatic heterocycles. The third-order valence-corrected chi connectivity index (χ3v) is 7.62. The Balaban J connectivity index is 1.33. The number of fused-ring (bicyclic) bond motifs is 2. The summed E-state index contributed by atoms with van der Waals surface area (Å²) in [5.74, 6) is 2.07. The summed E-state index contributed by atoms with van der Waals surface area (Å²) in [6.45, 7) is 2.66. The van der Waals surface area contributed by atoms with Gasteiger partial charge in [0.2, 0.25) is 12.7 Å². The maximum absolute atomic E-state index is 13.4. The van der Waals surface area contributed by atoms with Crippen LogP contribution in [0, 0.1) is 0 Å². The molecule has 0 bridgehead atoms. The maximum Gasteiger partial charge on any atom is 0.272 e. The van der Waals surface area contributed by atoms with Crippen LogP contribution in [-0.2, 0) is 17.8 Å². The number of benzene rings is 2. The van der Waals surface area contributed by atoms with Crippen molar-refractivity contribution >= 4 is 29.4 Å². The standard InChI is InChI=1S/C24H23N3O5S2/c1-14-9-18-22(34-14)23(29)27(16-4-6-17(30-2)7-5-16)24(26-18)33-12-21(28)25-11-15-3-8-19-20(10-15)32-13-31-19/h3-8,10,14H,9,11-13H2,1-2H3,(H,25,28). The minimum Gasteiger partial charge on any atom is -0.497 e. The smallest absolute Gasteiger partial charge is 0.272 e. The van der Waals surface area contributed by atoms with Gasteiger partial charge in [-0.25, -0.2) is 4.98 Å². The number of nitrogens with one attached hydrogen (secondary N) is 1. The first-order valence-corrected chi connectivity index (χ1v) is 12.6. The molecule has 0 spiro atoms. The van der Waals surface area contributed by atoms with Crippen LogP contribution in [0.25, 0.3) is 5.69 Å². The summed E-state index contributed by atoms with van der Waals surface area (Å²) in [5, 5.41) is 3.71. The second-order valence-electron chi connectivity index (χ2n) is 7.89. The van der Waals surface area contributed by atoms with Crippen LogP contribution in [0.2, 0.25) is 0 Å². The number of thioether (sulfide) groups is 2. The van der Waals surface area contributed by atoms with Crippen LogP contribution in [0.15, 0.2) is 57.3 Å².